The third kappa shape index (κ3) is 1.64. The van der Waals surface area contributed by atoms with E-state index in [0.29, 0.717) is 5.56 Å². The zero-order valence-electron chi connectivity index (χ0n) is 10.4. The maximum atomic E-state index is 12.3. The van der Waals surface area contributed by atoms with Crippen LogP contribution in [0.3, 0.4) is 0 Å². The van der Waals surface area contributed by atoms with Crippen molar-refractivity contribution in [2.24, 2.45) is 0 Å². The quantitative estimate of drug-likeness (QED) is 0.835. The van der Waals surface area contributed by atoms with Gasteiger partial charge in [0, 0.05) is 0 Å². The molecule has 18 heavy (non-hydrogen) atoms. The first kappa shape index (κ1) is 13.1. The van der Waals surface area contributed by atoms with E-state index in [1.54, 1.807) is 39.0 Å². The zero-order chi connectivity index (χ0) is 13.7. The Morgan fingerprint density at radius 1 is 1.28 bits per heavy atom. The molecule has 5 heteroatoms. The Bertz CT molecular complexity index is 537. The molecule has 2 amide bonds. The molecule has 0 aliphatic carbocycles. The van der Waals surface area contributed by atoms with E-state index in [-0.39, 0.29) is 10.6 Å². The third-order valence-corrected chi connectivity index (χ3v) is 3.78. The lowest BCUT2D eigenvalue weighted by Crippen LogP contribution is -2.54. The minimum atomic E-state index is -0.976. The number of nitrogens with zero attached hydrogens (tertiary/aromatic N) is 1. The zero-order valence-corrected chi connectivity index (χ0v) is 11.2. The number of amides is 2. The number of carbonyl (C=O) groups is 2. The SMILES string of the molecule is CC(O)C(C)(C)N1C(=O)c2cccc(Cl)c2C1=O. The van der Waals surface area contributed by atoms with E-state index < -0.39 is 23.5 Å². The van der Waals surface area contributed by atoms with Crippen molar-refractivity contribution in [2.75, 3.05) is 0 Å². The summed E-state index contributed by atoms with van der Waals surface area (Å²) in [4.78, 5) is 25.6. The third-order valence-electron chi connectivity index (χ3n) is 3.46. The minimum absolute atomic E-state index is 0.220. The Balaban J connectivity index is 2.57. The molecule has 0 fully saturated rings. The molecule has 96 valence electrons. The number of imide groups is 1. The molecule has 1 aliphatic heterocycles. The van der Waals surface area contributed by atoms with E-state index in [1.807, 2.05) is 0 Å². The lowest BCUT2D eigenvalue weighted by atomic mass is 9.96. The van der Waals surface area contributed by atoms with Crippen LogP contribution in [-0.2, 0) is 0 Å². The highest BCUT2D eigenvalue weighted by Gasteiger charge is 2.47. The molecule has 1 aromatic rings. The molecule has 0 aromatic heterocycles. The molecule has 0 saturated heterocycles. The van der Waals surface area contributed by atoms with Gasteiger partial charge in [0.15, 0.2) is 0 Å². The first-order valence-electron chi connectivity index (χ1n) is 5.64. The van der Waals surface area contributed by atoms with E-state index in [0.717, 1.165) is 4.90 Å². The van der Waals surface area contributed by atoms with Gasteiger partial charge >= 0.3 is 0 Å². The Hall–Kier alpha value is -1.39. The summed E-state index contributed by atoms with van der Waals surface area (Å²) < 4.78 is 0. The van der Waals surface area contributed by atoms with E-state index in [2.05, 4.69) is 0 Å². The number of carbonyl (C=O) groups excluding carboxylic acids is 2. The molecule has 4 nitrogen and oxygen atoms in total. The molecule has 0 spiro atoms. The minimum Gasteiger partial charge on any atom is -0.391 e. The first-order valence-corrected chi connectivity index (χ1v) is 6.01. The van der Waals surface area contributed by atoms with Crippen LogP contribution in [0.1, 0.15) is 41.5 Å². The molecule has 0 bridgehead atoms. The average molecular weight is 268 g/mol. The lowest BCUT2D eigenvalue weighted by Gasteiger charge is -2.36. The number of benzene rings is 1. The van der Waals surface area contributed by atoms with Crippen LogP contribution >= 0.6 is 11.6 Å². The molecular weight excluding hydrogens is 254 g/mol. The van der Waals surface area contributed by atoms with Gasteiger partial charge in [0.2, 0.25) is 0 Å². The van der Waals surface area contributed by atoms with Crippen molar-refractivity contribution in [2.45, 2.75) is 32.4 Å². The van der Waals surface area contributed by atoms with Gasteiger partial charge in [-0.2, -0.15) is 0 Å². The first-order chi connectivity index (χ1) is 8.28. The molecule has 1 aliphatic rings. The van der Waals surface area contributed by atoms with Gasteiger partial charge < -0.3 is 5.11 Å². The predicted molar refractivity (Wildman–Crippen MR) is 67.7 cm³/mol. The van der Waals surface area contributed by atoms with Gasteiger partial charge in [-0.25, -0.2) is 0 Å². The number of rotatable bonds is 2. The molecule has 1 N–H and O–H groups in total. The highest BCUT2D eigenvalue weighted by Crippen LogP contribution is 2.34. The second-order valence-corrected chi connectivity index (χ2v) is 5.34. The average Bonchev–Trinajstić information content (AvgIpc) is 2.52. The highest BCUT2D eigenvalue weighted by molar-refractivity contribution is 6.37. The molecule has 1 aromatic carbocycles. The fraction of sp³-hybridized carbons (Fsp3) is 0.385. The largest absolute Gasteiger partial charge is 0.391 e. The Kier molecular flexibility index (Phi) is 2.95. The van der Waals surface area contributed by atoms with Gasteiger partial charge in [-0.3, -0.25) is 14.5 Å². The molecule has 1 heterocycles. The van der Waals surface area contributed by atoms with E-state index in [9.17, 15) is 14.7 Å². The van der Waals surface area contributed by atoms with Gasteiger partial charge in [-0.05, 0) is 32.9 Å². The van der Waals surface area contributed by atoms with Crippen molar-refractivity contribution in [1.29, 1.82) is 0 Å². The Labute approximate surface area is 110 Å². The van der Waals surface area contributed by atoms with Gasteiger partial charge in [0.05, 0.1) is 27.8 Å². The van der Waals surface area contributed by atoms with E-state index in [4.69, 9.17) is 11.6 Å². The topological polar surface area (TPSA) is 57.6 Å². The van der Waals surface area contributed by atoms with E-state index in [1.165, 1.54) is 0 Å². The fourth-order valence-electron chi connectivity index (χ4n) is 1.95. The number of fused-ring (bicyclic) bond motifs is 1. The molecule has 0 saturated carbocycles. The van der Waals surface area contributed by atoms with Gasteiger partial charge in [0.25, 0.3) is 11.8 Å². The fourth-order valence-corrected chi connectivity index (χ4v) is 2.21. The number of aliphatic hydroxyl groups is 1. The summed E-state index contributed by atoms with van der Waals surface area (Å²) in [6.45, 7) is 4.84. The number of halogens is 1. The van der Waals surface area contributed by atoms with Crippen molar-refractivity contribution in [1.82, 2.24) is 4.90 Å². The summed E-state index contributed by atoms with van der Waals surface area (Å²) in [5.74, 6) is -0.866. The van der Waals surface area contributed by atoms with Crippen molar-refractivity contribution in [3.8, 4) is 0 Å². The standard InChI is InChI=1S/C13H14ClNO3/c1-7(16)13(2,3)15-11(17)8-5-4-6-9(14)10(8)12(15)18/h4-7,16H,1-3H3. The summed E-state index contributed by atoms with van der Waals surface area (Å²) in [5.41, 5.74) is -0.463. The van der Waals surface area contributed by atoms with Crippen molar-refractivity contribution in [3.63, 3.8) is 0 Å². The van der Waals surface area contributed by atoms with Gasteiger partial charge in [-0.15, -0.1) is 0 Å². The number of aliphatic hydroxyl groups excluding tert-OH is 1. The smallest absolute Gasteiger partial charge is 0.263 e. The van der Waals surface area contributed by atoms with Crippen LogP contribution in [0.15, 0.2) is 18.2 Å². The molecular formula is C13H14ClNO3. The van der Waals surface area contributed by atoms with Crippen LogP contribution < -0.4 is 0 Å². The van der Waals surface area contributed by atoms with Crippen LogP contribution in [0.2, 0.25) is 5.02 Å². The van der Waals surface area contributed by atoms with Crippen LogP contribution in [0.4, 0.5) is 0 Å². The maximum Gasteiger partial charge on any atom is 0.263 e. The normalized spacial score (nSPS) is 17.1. The van der Waals surface area contributed by atoms with Gasteiger partial charge in [0.1, 0.15) is 0 Å². The van der Waals surface area contributed by atoms with Crippen molar-refractivity contribution >= 4 is 23.4 Å². The second kappa shape index (κ2) is 4.07. The monoisotopic (exact) mass is 267 g/mol. The second-order valence-electron chi connectivity index (χ2n) is 4.94. The summed E-state index contributed by atoms with van der Waals surface area (Å²) in [6, 6.07) is 4.77. The Morgan fingerprint density at radius 3 is 2.39 bits per heavy atom. The van der Waals surface area contributed by atoms with Crippen molar-refractivity contribution in [3.05, 3.63) is 34.3 Å². The summed E-state index contributed by atoms with van der Waals surface area (Å²) >= 11 is 5.96. The van der Waals surface area contributed by atoms with Crippen LogP contribution in [-0.4, -0.2) is 33.5 Å². The maximum absolute atomic E-state index is 12.3. The van der Waals surface area contributed by atoms with Crippen LogP contribution in [0.25, 0.3) is 0 Å². The van der Waals surface area contributed by atoms with E-state index >= 15 is 0 Å². The molecule has 1 unspecified atom stereocenters. The van der Waals surface area contributed by atoms with Gasteiger partial charge in [-0.1, -0.05) is 17.7 Å². The highest BCUT2D eigenvalue weighted by atomic mass is 35.5. The summed E-state index contributed by atoms with van der Waals surface area (Å²) in [6.07, 6.45) is -0.835. The van der Waals surface area contributed by atoms with Crippen LogP contribution in [0, 0.1) is 0 Å². The number of hydrogen-bond donors (Lipinski definition) is 1. The molecule has 2 rings (SSSR count). The summed E-state index contributed by atoms with van der Waals surface area (Å²) in [7, 11) is 0. The predicted octanol–water partition coefficient (Wildman–Crippen LogP) is 2.10. The van der Waals surface area contributed by atoms with Crippen molar-refractivity contribution < 1.29 is 14.7 Å². The van der Waals surface area contributed by atoms with Crippen LogP contribution in [0.5, 0.6) is 0 Å². The summed E-state index contributed by atoms with van der Waals surface area (Å²) in [5, 5.41) is 10.0. The number of hydrogen-bond acceptors (Lipinski definition) is 3. The Morgan fingerprint density at radius 2 is 1.89 bits per heavy atom. The molecule has 1 atom stereocenters. The molecule has 0 radical (unpaired) electrons. The lowest BCUT2D eigenvalue weighted by molar-refractivity contribution is 0.0104.